The van der Waals surface area contributed by atoms with Gasteiger partial charge in [-0.2, -0.15) is 0 Å². The SMILES string of the molecule is C[C@@H]1CC[C@@H](C(C)(C)c2ccccc2)[C@H](OC(=O)C[C@@H]2O[C@H](CO[Si](c3ccccc3)(c3ccccc3)C(C)(C)C)CC[C@H]2O[Si](c2ccccc2)(c2ccccc2)C(C)(C)C)C1. The summed E-state index contributed by atoms with van der Waals surface area (Å²) < 4.78 is 29.3. The summed E-state index contributed by atoms with van der Waals surface area (Å²) in [6.45, 7) is 21.2. The number of rotatable bonds is 14. The number of ether oxygens (including phenoxy) is 2. The van der Waals surface area contributed by atoms with Gasteiger partial charge >= 0.3 is 5.97 Å². The van der Waals surface area contributed by atoms with Gasteiger partial charge in [0.15, 0.2) is 0 Å². The van der Waals surface area contributed by atoms with E-state index in [0.717, 1.165) is 32.1 Å². The molecule has 1 saturated carbocycles. The fourth-order valence-corrected chi connectivity index (χ4v) is 20.4. The number of carbonyl (C=O) groups excluding carboxylic acids is 1. The molecule has 0 aromatic heterocycles. The molecule has 2 aliphatic rings. The van der Waals surface area contributed by atoms with Gasteiger partial charge in [0.25, 0.3) is 16.6 Å². The average Bonchev–Trinajstić information content (AvgIpc) is 3.27. The van der Waals surface area contributed by atoms with Crippen LogP contribution in [0.5, 0.6) is 0 Å². The van der Waals surface area contributed by atoms with Gasteiger partial charge in [0.1, 0.15) is 6.10 Å². The molecule has 1 heterocycles. The van der Waals surface area contributed by atoms with E-state index in [4.69, 9.17) is 18.3 Å². The third kappa shape index (κ3) is 9.94. The van der Waals surface area contributed by atoms with Crippen LogP contribution in [0.1, 0.15) is 106 Å². The van der Waals surface area contributed by atoms with E-state index in [1.165, 1.54) is 26.3 Å². The minimum absolute atomic E-state index is 0.113. The second-order valence-corrected chi connectivity index (χ2v) is 29.6. The van der Waals surface area contributed by atoms with Crippen molar-refractivity contribution in [3.63, 3.8) is 0 Å². The van der Waals surface area contributed by atoms with Gasteiger partial charge in [-0.25, -0.2) is 0 Å². The Morgan fingerprint density at radius 1 is 0.571 bits per heavy atom. The molecule has 1 aliphatic carbocycles. The van der Waals surface area contributed by atoms with Gasteiger partial charge in [-0.15, -0.1) is 0 Å². The Bertz CT molecular complexity index is 2110. The maximum Gasteiger partial charge on any atom is 0.308 e. The van der Waals surface area contributed by atoms with E-state index in [1.54, 1.807) is 0 Å². The molecule has 63 heavy (non-hydrogen) atoms. The minimum Gasteiger partial charge on any atom is -0.462 e. The first-order chi connectivity index (χ1) is 30.1. The molecule has 0 unspecified atom stereocenters. The van der Waals surface area contributed by atoms with Gasteiger partial charge in [0, 0.05) is 5.92 Å². The highest BCUT2D eigenvalue weighted by atomic mass is 28.4. The highest BCUT2D eigenvalue weighted by molar-refractivity contribution is 7.00. The lowest BCUT2D eigenvalue weighted by molar-refractivity contribution is -0.169. The summed E-state index contributed by atoms with van der Waals surface area (Å²) in [7, 11) is -5.84. The van der Waals surface area contributed by atoms with Crippen LogP contribution in [0.3, 0.4) is 0 Å². The standard InChI is InChI=1S/C56H72O5Si2/c1-42-35-37-49(56(8,9)43-25-15-10-16-26-43)51(39-42)60-53(57)40-52-50(61-63(55(5,6)7,47-31-21-13-22-32-47)48-33-23-14-24-34-48)38-36-44(59-52)41-58-62(54(2,3)4,45-27-17-11-18-28-45)46-29-19-12-20-30-46/h10-34,42,44,49-52H,35-41H2,1-9H3/t42-,44+,49-,50-,51-,52+/m1/s1. The van der Waals surface area contributed by atoms with E-state index < -0.39 is 22.7 Å². The molecule has 0 spiro atoms. The van der Waals surface area contributed by atoms with Crippen LogP contribution in [-0.4, -0.2) is 53.6 Å². The fourth-order valence-electron chi connectivity index (χ4n) is 11.0. The molecule has 334 valence electrons. The van der Waals surface area contributed by atoms with E-state index in [9.17, 15) is 4.79 Å². The summed E-state index contributed by atoms with van der Waals surface area (Å²) in [5.41, 5.74) is 1.12. The zero-order valence-electron chi connectivity index (χ0n) is 39.4. The molecule has 6 atom stereocenters. The zero-order chi connectivity index (χ0) is 44.9. The molecule has 5 aromatic carbocycles. The van der Waals surface area contributed by atoms with Crippen LogP contribution >= 0.6 is 0 Å². The van der Waals surface area contributed by atoms with Crippen LogP contribution in [0.15, 0.2) is 152 Å². The van der Waals surface area contributed by atoms with Crippen molar-refractivity contribution in [1.82, 2.24) is 0 Å². The Labute approximate surface area is 381 Å². The van der Waals surface area contributed by atoms with E-state index in [1.807, 2.05) is 0 Å². The molecule has 0 N–H and O–H groups in total. The maximum atomic E-state index is 14.7. The first kappa shape index (κ1) is 46.9. The molecule has 5 aromatic rings. The molecule has 5 nitrogen and oxygen atoms in total. The van der Waals surface area contributed by atoms with Crippen molar-refractivity contribution >= 4 is 43.4 Å². The van der Waals surface area contributed by atoms with Crippen molar-refractivity contribution in [3.05, 3.63) is 157 Å². The van der Waals surface area contributed by atoms with Crippen molar-refractivity contribution in [2.45, 2.75) is 141 Å². The first-order valence-electron chi connectivity index (χ1n) is 23.5. The molecule has 0 radical (unpaired) electrons. The molecular weight excluding hydrogens is 809 g/mol. The Balaban J connectivity index is 1.23. The zero-order valence-corrected chi connectivity index (χ0v) is 41.4. The van der Waals surface area contributed by atoms with Gasteiger partial charge in [-0.1, -0.05) is 220 Å². The number of hydrogen-bond donors (Lipinski definition) is 0. The highest BCUT2D eigenvalue weighted by Gasteiger charge is 2.54. The van der Waals surface area contributed by atoms with E-state index in [0.29, 0.717) is 12.5 Å². The second-order valence-electron chi connectivity index (χ2n) is 21.0. The van der Waals surface area contributed by atoms with E-state index >= 15 is 0 Å². The van der Waals surface area contributed by atoms with Crippen LogP contribution in [0.2, 0.25) is 10.1 Å². The molecule has 1 aliphatic heterocycles. The van der Waals surface area contributed by atoms with Crippen LogP contribution < -0.4 is 20.7 Å². The number of hydrogen-bond acceptors (Lipinski definition) is 5. The summed E-state index contributed by atoms with van der Waals surface area (Å²) >= 11 is 0. The normalized spacial score (nSPS) is 22.6. The monoisotopic (exact) mass is 880 g/mol. The van der Waals surface area contributed by atoms with Crippen LogP contribution in [-0.2, 0) is 28.5 Å². The lowest BCUT2D eigenvalue weighted by Crippen LogP contribution is -2.69. The molecule has 0 bridgehead atoms. The molecule has 0 amide bonds. The van der Waals surface area contributed by atoms with Crippen LogP contribution in [0, 0.1) is 11.8 Å². The number of esters is 1. The molecule has 7 rings (SSSR count). The maximum absolute atomic E-state index is 14.7. The third-order valence-electron chi connectivity index (χ3n) is 14.4. The predicted octanol–water partition coefficient (Wildman–Crippen LogP) is 10.8. The summed E-state index contributed by atoms with van der Waals surface area (Å²) in [5.74, 6) is 0.465. The van der Waals surface area contributed by atoms with Crippen molar-refractivity contribution in [3.8, 4) is 0 Å². The summed E-state index contributed by atoms with van der Waals surface area (Å²) in [6.07, 6.45) is 3.31. The van der Waals surface area contributed by atoms with Gasteiger partial charge < -0.3 is 18.3 Å². The Kier molecular flexibility index (Phi) is 14.5. The highest BCUT2D eigenvalue weighted by Crippen LogP contribution is 2.45. The summed E-state index contributed by atoms with van der Waals surface area (Å²) in [4.78, 5) is 14.7. The fraction of sp³-hybridized carbons (Fsp3) is 0.446. The van der Waals surface area contributed by atoms with Gasteiger partial charge in [0.2, 0.25) is 0 Å². The van der Waals surface area contributed by atoms with Crippen molar-refractivity contribution in [2.24, 2.45) is 11.8 Å². The molecule has 2 fully saturated rings. The third-order valence-corrected chi connectivity index (χ3v) is 24.4. The van der Waals surface area contributed by atoms with E-state index in [-0.39, 0.29) is 52.1 Å². The topological polar surface area (TPSA) is 54.0 Å². The Hall–Kier alpha value is -4.12. The summed E-state index contributed by atoms with van der Waals surface area (Å²) in [5, 5.41) is 4.49. The second kappa shape index (κ2) is 19.5. The summed E-state index contributed by atoms with van der Waals surface area (Å²) in [6, 6.07) is 53.9. The van der Waals surface area contributed by atoms with Crippen molar-refractivity contribution in [2.75, 3.05) is 6.61 Å². The molecular formula is C56H72O5Si2. The molecule has 1 saturated heterocycles. The smallest absolute Gasteiger partial charge is 0.308 e. The first-order valence-corrected chi connectivity index (χ1v) is 27.3. The lowest BCUT2D eigenvalue weighted by Gasteiger charge is -2.48. The van der Waals surface area contributed by atoms with E-state index in [2.05, 4.69) is 214 Å². The lowest BCUT2D eigenvalue weighted by atomic mass is 9.64. The minimum atomic E-state index is -2.99. The number of benzene rings is 5. The van der Waals surface area contributed by atoms with Gasteiger partial charge in [-0.3, -0.25) is 4.79 Å². The van der Waals surface area contributed by atoms with Crippen LogP contribution in [0.4, 0.5) is 0 Å². The largest absolute Gasteiger partial charge is 0.462 e. The predicted molar refractivity (Wildman–Crippen MR) is 264 cm³/mol. The molecule has 7 heteroatoms. The van der Waals surface area contributed by atoms with Crippen molar-refractivity contribution in [1.29, 1.82) is 0 Å². The van der Waals surface area contributed by atoms with Crippen LogP contribution in [0.25, 0.3) is 0 Å². The average molecular weight is 881 g/mol. The van der Waals surface area contributed by atoms with Gasteiger partial charge in [0.05, 0.1) is 31.3 Å². The number of carbonyl (C=O) groups is 1. The Morgan fingerprint density at radius 3 is 1.48 bits per heavy atom. The van der Waals surface area contributed by atoms with Crippen molar-refractivity contribution < 1.29 is 23.1 Å². The Morgan fingerprint density at radius 2 is 1.02 bits per heavy atom. The quantitative estimate of drug-likeness (QED) is 0.0822. The van der Waals surface area contributed by atoms with Gasteiger partial charge in [-0.05, 0) is 73.4 Å².